The largest absolute Gasteiger partial charge is 0.386 e. The number of rotatable bonds is 7. The summed E-state index contributed by atoms with van der Waals surface area (Å²) in [5.41, 5.74) is 9.26. The highest BCUT2D eigenvalue weighted by molar-refractivity contribution is 6.00. The summed E-state index contributed by atoms with van der Waals surface area (Å²) in [6, 6.07) is 13.5. The molecule has 166 valence electrons. The number of carbonyl (C=O) groups excluding carboxylic acids is 1. The van der Waals surface area contributed by atoms with E-state index in [2.05, 4.69) is 48.8 Å². The number of piperazine rings is 1. The SMILES string of the molecule is CNc1ccccc1Nc1cc(Nc2ccc(N3CCN(C)CC3)cn2)ncc1C(N)=O. The molecule has 3 aromatic rings. The van der Waals surface area contributed by atoms with Crippen LogP contribution in [0.1, 0.15) is 10.4 Å². The number of likely N-dealkylation sites (N-methyl/N-ethyl adjacent to an activating group) is 1. The standard InChI is InChI=1S/C23H28N8O/c1-25-18-5-3-4-6-19(18)28-20-13-22(27-15-17(20)23(24)32)29-21-8-7-16(14-26-21)31-11-9-30(2)10-12-31/h3-8,13-15,25H,9-12H2,1-2H3,(H2,24,32)(H2,26,27,28,29). The fourth-order valence-corrected chi connectivity index (χ4v) is 3.62. The van der Waals surface area contributed by atoms with Gasteiger partial charge in [0.2, 0.25) is 0 Å². The highest BCUT2D eigenvalue weighted by Gasteiger charge is 2.15. The van der Waals surface area contributed by atoms with E-state index in [0.29, 0.717) is 22.9 Å². The van der Waals surface area contributed by atoms with Gasteiger partial charge in [-0.05, 0) is 31.3 Å². The van der Waals surface area contributed by atoms with E-state index in [-0.39, 0.29) is 0 Å². The molecule has 0 radical (unpaired) electrons. The van der Waals surface area contributed by atoms with Gasteiger partial charge in [0.1, 0.15) is 11.6 Å². The Hall–Kier alpha value is -3.85. The number of para-hydroxylation sites is 2. The second-order valence-corrected chi connectivity index (χ2v) is 7.72. The van der Waals surface area contributed by atoms with E-state index in [1.807, 2.05) is 43.6 Å². The number of amides is 1. The number of anilines is 6. The number of hydrogen-bond donors (Lipinski definition) is 4. The third-order valence-electron chi connectivity index (χ3n) is 5.51. The van der Waals surface area contributed by atoms with Crippen molar-refractivity contribution in [2.24, 2.45) is 5.73 Å². The molecule has 0 bridgehead atoms. The number of primary amides is 1. The minimum atomic E-state index is -0.553. The van der Waals surface area contributed by atoms with Gasteiger partial charge in [0.05, 0.1) is 34.5 Å². The lowest BCUT2D eigenvalue weighted by molar-refractivity contribution is 0.100. The molecule has 5 N–H and O–H groups in total. The topological polar surface area (TPSA) is 111 Å². The van der Waals surface area contributed by atoms with Gasteiger partial charge < -0.3 is 31.5 Å². The van der Waals surface area contributed by atoms with E-state index < -0.39 is 5.91 Å². The molecule has 1 saturated heterocycles. The van der Waals surface area contributed by atoms with Crippen LogP contribution in [0.5, 0.6) is 0 Å². The Balaban J connectivity index is 1.52. The van der Waals surface area contributed by atoms with Gasteiger partial charge in [-0.15, -0.1) is 0 Å². The Morgan fingerprint density at radius 2 is 1.62 bits per heavy atom. The number of aromatic nitrogens is 2. The Morgan fingerprint density at radius 3 is 2.28 bits per heavy atom. The number of pyridine rings is 2. The van der Waals surface area contributed by atoms with Crippen LogP contribution in [-0.4, -0.2) is 61.0 Å². The average molecular weight is 433 g/mol. The van der Waals surface area contributed by atoms with Crippen LogP contribution in [-0.2, 0) is 0 Å². The number of carbonyl (C=O) groups is 1. The maximum absolute atomic E-state index is 11.9. The maximum atomic E-state index is 11.9. The van der Waals surface area contributed by atoms with Gasteiger partial charge in [-0.25, -0.2) is 9.97 Å². The summed E-state index contributed by atoms with van der Waals surface area (Å²) in [4.78, 5) is 25.5. The van der Waals surface area contributed by atoms with Crippen molar-refractivity contribution < 1.29 is 4.79 Å². The fraction of sp³-hybridized carbons (Fsp3) is 0.261. The van der Waals surface area contributed by atoms with E-state index in [9.17, 15) is 4.79 Å². The zero-order valence-electron chi connectivity index (χ0n) is 18.3. The van der Waals surface area contributed by atoms with Crippen molar-refractivity contribution in [3.63, 3.8) is 0 Å². The van der Waals surface area contributed by atoms with Crippen LogP contribution in [0.3, 0.4) is 0 Å². The van der Waals surface area contributed by atoms with E-state index in [4.69, 9.17) is 5.73 Å². The molecule has 4 rings (SSSR count). The van der Waals surface area contributed by atoms with Crippen molar-refractivity contribution in [3.8, 4) is 0 Å². The molecule has 1 fully saturated rings. The van der Waals surface area contributed by atoms with Crippen molar-refractivity contribution in [1.82, 2.24) is 14.9 Å². The summed E-state index contributed by atoms with van der Waals surface area (Å²) in [5.74, 6) is 0.672. The van der Waals surface area contributed by atoms with Gasteiger partial charge >= 0.3 is 0 Å². The number of nitrogens with zero attached hydrogens (tertiary/aromatic N) is 4. The molecule has 0 atom stereocenters. The van der Waals surface area contributed by atoms with Crippen molar-refractivity contribution in [1.29, 1.82) is 0 Å². The quantitative estimate of drug-likeness (QED) is 0.451. The van der Waals surface area contributed by atoms with Crippen LogP contribution >= 0.6 is 0 Å². The molecule has 3 heterocycles. The zero-order valence-corrected chi connectivity index (χ0v) is 18.3. The van der Waals surface area contributed by atoms with Gasteiger partial charge in [0.15, 0.2) is 0 Å². The van der Waals surface area contributed by atoms with Gasteiger partial charge in [-0.1, -0.05) is 12.1 Å². The van der Waals surface area contributed by atoms with Crippen molar-refractivity contribution in [2.75, 3.05) is 61.1 Å². The van der Waals surface area contributed by atoms with Gasteiger partial charge in [-0.2, -0.15) is 0 Å². The summed E-state index contributed by atoms with van der Waals surface area (Å²) in [5, 5.41) is 9.61. The molecule has 0 saturated carbocycles. The molecule has 1 aliphatic rings. The van der Waals surface area contributed by atoms with Crippen LogP contribution in [0.15, 0.2) is 54.9 Å². The Labute approximate surface area is 187 Å². The van der Waals surface area contributed by atoms with E-state index in [1.54, 1.807) is 6.07 Å². The predicted octanol–water partition coefficient (Wildman–Crippen LogP) is 2.86. The first-order chi connectivity index (χ1) is 15.5. The smallest absolute Gasteiger partial charge is 0.252 e. The van der Waals surface area contributed by atoms with Crippen LogP contribution in [0.4, 0.5) is 34.4 Å². The molecular weight excluding hydrogens is 404 g/mol. The van der Waals surface area contributed by atoms with Crippen molar-refractivity contribution in [2.45, 2.75) is 0 Å². The first kappa shape index (κ1) is 21.4. The lowest BCUT2D eigenvalue weighted by Gasteiger charge is -2.33. The first-order valence-corrected chi connectivity index (χ1v) is 10.5. The van der Waals surface area contributed by atoms with Crippen molar-refractivity contribution in [3.05, 3.63) is 60.4 Å². The summed E-state index contributed by atoms with van der Waals surface area (Å²) < 4.78 is 0. The normalized spacial score (nSPS) is 14.1. The third-order valence-corrected chi connectivity index (χ3v) is 5.51. The predicted molar refractivity (Wildman–Crippen MR) is 129 cm³/mol. The minimum absolute atomic E-state index is 0.305. The number of nitrogens with one attached hydrogen (secondary N) is 3. The molecule has 32 heavy (non-hydrogen) atoms. The summed E-state index contributed by atoms with van der Waals surface area (Å²) in [6.45, 7) is 4.07. The van der Waals surface area contributed by atoms with Crippen LogP contribution < -0.4 is 26.6 Å². The monoisotopic (exact) mass is 432 g/mol. The number of benzene rings is 1. The van der Waals surface area contributed by atoms with Gasteiger partial charge in [-0.3, -0.25) is 4.79 Å². The van der Waals surface area contributed by atoms with Crippen LogP contribution in [0, 0.1) is 0 Å². The average Bonchev–Trinajstić information content (AvgIpc) is 2.80. The molecule has 1 aromatic carbocycles. The maximum Gasteiger partial charge on any atom is 0.252 e. The molecule has 9 nitrogen and oxygen atoms in total. The summed E-state index contributed by atoms with van der Waals surface area (Å²) >= 11 is 0. The highest BCUT2D eigenvalue weighted by Crippen LogP contribution is 2.29. The number of hydrogen-bond acceptors (Lipinski definition) is 8. The minimum Gasteiger partial charge on any atom is -0.386 e. The molecule has 0 unspecified atom stereocenters. The number of nitrogens with two attached hydrogens (primary N) is 1. The molecule has 0 spiro atoms. The van der Waals surface area contributed by atoms with Crippen LogP contribution in [0.25, 0.3) is 0 Å². The Bertz CT molecular complexity index is 1080. The second kappa shape index (κ2) is 9.52. The van der Waals surface area contributed by atoms with Crippen molar-refractivity contribution >= 4 is 40.3 Å². The molecule has 0 aliphatic carbocycles. The summed E-state index contributed by atoms with van der Waals surface area (Å²) in [7, 11) is 3.98. The lowest BCUT2D eigenvalue weighted by atomic mass is 10.2. The zero-order chi connectivity index (χ0) is 22.5. The first-order valence-electron chi connectivity index (χ1n) is 10.5. The fourth-order valence-electron chi connectivity index (χ4n) is 3.62. The molecule has 1 amide bonds. The Kier molecular flexibility index (Phi) is 6.37. The molecule has 9 heteroatoms. The van der Waals surface area contributed by atoms with Gasteiger partial charge in [0.25, 0.3) is 5.91 Å². The van der Waals surface area contributed by atoms with E-state index in [1.165, 1.54) is 6.20 Å². The van der Waals surface area contributed by atoms with Gasteiger partial charge in [0, 0.05) is 45.5 Å². The third kappa shape index (κ3) is 4.89. The summed E-state index contributed by atoms with van der Waals surface area (Å²) in [6.07, 6.45) is 3.33. The van der Waals surface area contributed by atoms with Crippen LogP contribution in [0.2, 0.25) is 0 Å². The lowest BCUT2D eigenvalue weighted by Crippen LogP contribution is -2.44. The Morgan fingerprint density at radius 1 is 0.906 bits per heavy atom. The molecular formula is C23H28N8O. The highest BCUT2D eigenvalue weighted by atomic mass is 16.1. The van der Waals surface area contributed by atoms with E-state index >= 15 is 0 Å². The molecule has 2 aromatic heterocycles. The molecule has 1 aliphatic heterocycles. The van der Waals surface area contributed by atoms with E-state index in [0.717, 1.165) is 43.2 Å². The second-order valence-electron chi connectivity index (χ2n) is 7.72.